The van der Waals surface area contributed by atoms with Crippen molar-refractivity contribution >= 4 is 29.5 Å². The zero-order valence-corrected chi connectivity index (χ0v) is 19.9. The molecule has 7 nitrogen and oxygen atoms in total. The summed E-state index contributed by atoms with van der Waals surface area (Å²) in [6.45, 7) is 7.42. The average Bonchev–Trinajstić information content (AvgIpc) is 3.36. The summed E-state index contributed by atoms with van der Waals surface area (Å²) in [5, 5.41) is 13.4. The van der Waals surface area contributed by atoms with Gasteiger partial charge in [-0.2, -0.15) is 0 Å². The Morgan fingerprint density at radius 1 is 1.31 bits per heavy atom. The van der Waals surface area contributed by atoms with Crippen molar-refractivity contribution in [1.82, 2.24) is 10.2 Å². The van der Waals surface area contributed by atoms with Gasteiger partial charge in [-0.05, 0) is 46.1 Å². The first kappa shape index (κ1) is 23.1. The van der Waals surface area contributed by atoms with E-state index in [0.717, 1.165) is 12.0 Å². The molecule has 4 rings (SSSR count). The number of amides is 2. The van der Waals surface area contributed by atoms with E-state index in [0.29, 0.717) is 6.42 Å². The molecule has 174 valence electrons. The van der Waals surface area contributed by atoms with Crippen LogP contribution in [0.4, 0.5) is 0 Å². The minimum Gasteiger partial charge on any atom is -0.466 e. The van der Waals surface area contributed by atoms with Crippen LogP contribution in [0, 0.1) is 11.8 Å². The van der Waals surface area contributed by atoms with Crippen LogP contribution in [0.15, 0.2) is 30.3 Å². The first-order chi connectivity index (χ1) is 15.1. The van der Waals surface area contributed by atoms with Gasteiger partial charge in [-0.1, -0.05) is 30.3 Å². The number of hydrogen-bond donors (Lipinski definition) is 2. The largest absolute Gasteiger partial charge is 0.466 e. The summed E-state index contributed by atoms with van der Waals surface area (Å²) in [6.07, 6.45) is 1.44. The Kier molecular flexibility index (Phi) is 6.05. The van der Waals surface area contributed by atoms with Gasteiger partial charge >= 0.3 is 5.97 Å². The van der Waals surface area contributed by atoms with Crippen LogP contribution in [0.2, 0.25) is 0 Å². The van der Waals surface area contributed by atoms with Gasteiger partial charge in [0.25, 0.3) is 0 Å². The van der Waals surface area contributed by atoms with E-state index in [2.05, 4.69) is 5.32 Å². The first-order valence-electron chi connectivity index (χ1n) is 11.3. The minimum absolute atomic E-state index is 0.0283. The lowest BCUT2D eigenvalue weighted by Crippen LogP contribution is -2.57. The Balaban J connectivity index is 1.81. The third kappa shape index (κ3) is 3.61. The summed E-state index contributed by atoms with van der Waals surface area (Å²) < 4.78 is 4.64. The van der Waals surface area contributed by atoms with Crippen LogP contribution < -0.4 is 5.32 Å². The van der Waals surface area contributed by atoms with E-state index in [1.165, 1.54) is 0 Å². The number of carbonyl (C=O) groups is 3. The van der Waals surface area contributed by atoms with Crippen molar-refractivity contribution < 1.29 is 24.2 Å². The Hall–Kier alpha value is -2.06. The second-order valence-corrected chi connectivity index (χ2v) is 11.5. The SMILES string of the molecule is CCOC(=O)[C@@H]1[C@H]2C(=O)N([C@H](CO)c3ccccc3)C(C(=O)NC(C)(C)C)C23CC[C@H]1S3. The molecule has 1 aromatic carbocycles. The fraction of sp³-hybridized carbons (Fsp3) is 0.625. The molecule has 3 aliphatic rings. The molecule has 0 saturated carbocycles. The fourth-order valence-corrected chi connectivity index (χ4v) is 7.89. The average molecular weight is 461 g/mol. The van der Waals surface area contributed by atoms with Crippen LogP contribution >= 0.6 is 11.8 Å². The number of aliphatic hydroxyl groups is 1. The number of thioether (sulfide) groups is 1. The van der Waals surface area contributed by atoms with E-state index >= 15 is 0 Å². The Morgan fingerprint density at radius 2 is 2.00 bits per heavy atom. The molecule has 0 aromatic heterocycles. The molecule has 3 aliphatic heterocycles. The molecule has 3 saturated heterocycles. The van der Waals surface area contributed by atoms with E-state index in [9.17, 15) is 19.5 Å². The van der Waals surface area contributed by atoms with Crippen LogP contribution in [0.25, 0.3) is 0 Å². The number of hydrogen-bond acceptors (Lipinski definition) is 6. The van der Waals surface area contributed by atoms with E-state index in [4.69, 9.17) is 4.74 Å². The third-order valence-corrected chi connectivity index (χ3v) is 8.69. The molecule has 3 heterocycles. The molecule has 1 spiro atoms. The number of likely N-dealkylation sites (tertiary alicyclic amines) is 1. The number of rotatable bonds is 6. The van der Waals surface area contributed by atoms with E-state index in [1.54, 1.807) is 23.6 Å². The van der Waals surface area contributed by atoms with E-state index in [1.807, 2.05) is 51.1 Å². The highest BCUT2D eigenvalue weighted by Crippen LogP contribution is 2.67. The summed E-state index contributed by atoms with van der Waals surface area (Å²) in [5.41, 5.74) is 0.282. The van der Waals surface area contributed by atoms with Gasteiger partial charge < -0.3 is 20.1 Å². The maximum absolute atomic E-state index is 14.0. The second kappa shape index (κ2) is 8.37. The Bertz CT molecular complexity index is 901. The van der Waals surface area contributed by atoms with Crippen molar-refractivity contribution in [3.8, 4) is 0 Å². The van der Waals surface area contributed by atoms with Crippen molar-refractivity contribution in [2.24, 2.45) is 11.8 Å². The quantitative estimate of drug-likeness (QED) is 0.633. The molecular weight excluding hydrogens is 428 g/mol. The normalized spacial score (nSPS) is 32.0. The molecule has 2 bridgehead atoms. The highest BCUT2D eigenvalue weighted by atomic mass is 32.2. The predicted octanol–water partition coefficient (Wildman–Crippen LogP) is 2.29. The Morgan fingerprint density at radius 3 is 2.59 bits per heavy atom. The molecule has 1 aromatic rings. The topological polar surface area (TPSA) is 95.9 Å². The number of carbonyl (C=O) groups excluding carboxylic acids is 3. The number of fused-ring (bicyclic) bond motifs is 1. The second-order valence-electron chi connectivity index (χ2n) is 9.90. The number of nitrogens with zero attached hydrogens (tertiary/aromatic N) is 1. The summed E-state index contributed by atoms with van der Waals surface area (Å²) in [5.74, 6) is -2.03. The van der Waals surface area contributed by atoms with Crippen LogP contribution in [0.3, 0.4) is 0 Å². The maximum Gasteiger partial charge on any atom is 0.310 e. The number of esters is 1. The molecule has 2 N–H and O–H groups in total. The summed E-state index contributed by atoms with van der Waals surface area (Å²) in [4.78, 5) is 42.1. The van der Waals surface area contributed by atoms with Crippen molar-refractivity contribution in [1.29, 1.82) is 0 Å². The molecular formula is C24H32N2O5S. The van der Waals surface area contributed by atoms with Gasteiger partial charge in [0.1, 0.15) is 6.04 Å². The van der Waals surface area contributed by atoms with E-state index in [-0.39, 0.29) is 36.2 Å². The molecule has 0 radical (unpaired) electrons. The predicted molar refractivity (Wildman–Crippen MR) is 122 cm³/mol. The van der Waals surface area contributed by atoms with Gasteiger partial charge in [0.05, 0.1) is 35.8 Å². The molecule has 8 heteroatoms. The standard InChI is InChI=1S/C24H32N2O5S/c1-5-31-22(30)17-16-11-12-24(32-16)18(17)21(29)26(19(24)20(28)25-23(2,3)4)15(13-27)14-9-7-6-8-10-14/h6-10,15-19,27H,5,11-13H2,1-4H3,(H,25,28)/t15-,16-,17+,18+,19?,24?/m1/s1. The number of ether oxygens (including phenoxy) is 1. The zero-order chi connectivity index (χ0) is 23.3. The van der Waals surface area contributed by atoms with Gasteiger partial charge in [0, 0.05) is 10.8 Å². The van der Waals surface area contributed by atoms with Gasteiger partial charge in [-0.15, -0.1) is 11.8 Å². The lowest BCUT2D eigenvalue weighted by Gasteiger charge is -2.38. The van der Waals surface area contributed by atoms with Gasteiger partial charge in [0.15, 0.2) is 0 Å². The van der Waals surface area contributed by atoms with Crippen LogP contribution in [0.1, 0.15) is 52.1 Å². The van der Waals surface area contributed by atoms with Crippen LogP contribution in [-0.2, 0) is 19.1 Å². The molecule has 0 aliphatic carbocycles. The summed E-state index contributed by atoms with van der Waals surface area (Å²) >= 11 is 1.60. The summed E-state index contributed by atoms with van der Waals surface area (Å²) in [7, 11) is 0. The highest BCUT2D eigenvalue weighted by Gasteiger charge is 2.74. The summed E-state index contributed by atoms with van der Waals surface area (Å²) in [6, 6.07) is 7.84. The monoisotopic (exact) mass is 460 g/mol. The first-order valence-corrected chi connectivity index (χ1v) is 12.2. The zero-order valence-electron chi connectivity index (χ0n) is 19.0. The number of benzene rings is 1. The van der Waals surface area contributed by atoms with Crippen LogP contribution in [-0.4, -0.2) is 62.6 Å². The fourth-order valence-electron chi connectivity index (χ4n) is 5.70. The number of aliphatic hydroxyl groups excluding tert-OH is 1. The van der Waals surface area contributed by atoms with Crippen molar-refractivity contribution in [3.63, 3.8) is 0 Å². The van der Waals surface area contributed by atoms with Crippen molar-refractivity contribution in [3.05, 3.63) is 35.9 Å². The van der Waals surface area contributed by atoms with Gasteiger partial charge in [-0.3, -0.25) is 14.4 Å². The van der Waals surface area contributed by atoms with Gasteiger partial charge in [0.2, 0.25) is 11.8 Å². The third-order valence-electron chi connectivity index (χ3n) is 6.74. The molecule has 2 amide bonds. The van der Waals surface area contributed by atoms with Crippen molar-refractivity contribution in [2.45, 2.75) is 68.2 Å². The molecule has 3 fully saturated rings. The van der Waals surface area contributed by atoms with Gasteiger partial charge in [-0.25, -0.2) is 0 Å². The lowest BCUT2D eigenvalue weighted by atomic mass is 9.71. The minimum atomic E-state index is -0.772. The van der Waals surface area contributed by atoms with Crippen LogP contribution in [0.5, 0.6) is 0 Å². The molecule has 32 heavy (non-hydrogen) atoms. The molecule has 6 atom stereocenters. The van der Waals surface area contributed by atoms with Crippen molar-refractivity contribution in [2.75, 3.05) is 13.2 Å². The number of nitrogens with one attached hydrogen (secondary N) is 1. The lowest BCUT2D eigenvalue weighted by molar-refractivity contribution is -0.154. The molecule has 2 unspecified atom stereocenters. The van der Waals surface area contributed by atoms with E-state index < -0.39 is 34.2 Å². The highest BCUT2D eigenvalue weighted by molar-refractivity contribution is 8.02. The smallest absolute Gasteiger partial charge is 0.310 e. The Labute approximate surface area is 193 Å². The maximum atomic E-state index is 14.0.